The molecule has 0 amide bonds. The molecule has 1 saturated heterocycles. The Bertz CT molecular complexity index is 396. The van der Waals surface area contributed by atoms with E-state index in [1.54, 1.807) is 0 Å². The minimum Gasteiger partial charge on any atom is -0.313 e. The minimum atomic E-state index is -0.0314. The molecule has 4 heteroatoms. The van der Waals surface area contributed by atoms with Gasteiger partial charge in [-0.15, -0.1) is 0 Å². The normalized spacial score (nSPS) is 21.6. The first-order chi connectivity index (χ1) is 7.79. The third-order valence-electron chi connectivity index (χ3n) is 2.81. The van der Waals surface area contributed by atoms with E-state index in [-0.39, 0.29) is 6.04 Å². The van der Waals surface area contributed by atoms with E-state index in [0.29, 0.717) is 0 Å². The zero-order chi connectivity index (χ0) is 11.4. The molecule has 1 atom stereocenters. The molecule has 0 spiro atoms. The van der Waals surface area contributed by atoms with Gasteiger partial charge >= 0.3 is 0 Å². The predicted octanol–water partition coefficient (Wildman–Crippen LogP) is 0.687. The van der Waals surface area contributed by atoms with Gasteiger partial charge in [-0.3, -0.25) is 9.88 Å². The summed E-state index contributed by atoms with van der Waals surface area (Å²) in [4.78, 5) is 6.64. The third-order valence-corrected chi connectivity index (χ3v) is 2.81. The zero-order valence-corrected chi connectivity index (χ0v) is 9.48. The van der Waals surface area contributed by atoms with Gasteiger partial charge in [0, 0.05) is 31.9 Å². The van der Waals surface area contributed by atoms with E-state index in [1.807, 2.05) is 25.1 Å². The Labute approximate surface area is 95.9 Å². The van der Waals surface area contributed by atoms with E-state index in [4.69, 9.17) is 5.26 Å². The first kappa shape index (κ1) is 11.1. The van der Waals surface area contributed by atoms with E-state index in [9.17, 15) is 0 Å². The van der Waals surface area contributed by atoms with Crippen molar-refractivity contribution in [3.63, 3.8) is 0 Å². The van der Waals surface area contributed by atoms with Crippen LogP contribution < -0.4 is 5.32 Å². The molecule has 0 radical (unpaired) electrons. The van der Waals surface area contributed by atoms with Gasteiger partial charge in [0.05, 0.1) is 11.8 Å². The summed E-state index contributed by atoms with van der Waals surface area (Å²) in [6, 6.07) is 8.31. The van der Waals surface area contributed by atoms with E-state index >= 15 is 0 Å². The highest BCUT2D eigenvalue weighted by atomic mass is 15.2. The van der Waals surface area contributed by atoms with Crippen LogP contribution in [-0.4, -0.2) is 35.6 Å². The maximum absolute atomic E-state index is 9.04. The van der Waals surface area contributed by atoms with Gasteiger partial charge in [-0.25, -0.2) is 0 Å². The molecular formula is C12H16N4. The molecule has 4 nitrogen and oxygen atoms in total. The van der Waals surface area contributed by atoms with Crippen LogP contribution in [0.2, 0.25) is 0 Å². The van der Waals surface area contributed by atoms with Gasteiger partial charge < -0.3 is 5.32 Å². The highest BCUT2D eigenvalue weighted by Crippen LogP contribution is 2.08. The molecule has 1 unspecified atom stereocenters. The zero-order valence-electron chi connectivity index (χ0n) is 9.48. The Morgan fingerprint density at radius 1 is 1.62 bits per heavy atom. The van der Waals surface area contributed by atoms with Gasteiger partial charge in [-0.1, -0.05) is 6.07 Å². The molecule has 0 bridgehead atoms. The first-order valence-electron chi connectivity index (χ1n) is 5.56. The van der Waals surface area contributed by atoms with E-state index < -0.39 is 0 Å². The number of hydrogen-bond acceptors (Lipinski definition) is 4. The van der Waals surface area contributed by atoms with Gasteiger partial charge in [0.1, 0.15) is 6.04 Å². The number of rotatable bonds is 2. The quantitative estimate of drug-likeness (QED) is 0.790. The molecule has 0 aliphatic carbocycles. The van der Waals surface area contributed by atoms with Gasteiger partial charge in [0.25, 0.3) is 0 Å². The fraction of sp³-hybridized carbons (Fsp3) is 0.500. The molecule has 1 aromatic rings. The molecule has 1 aromatic heterocycles. The largest absolute Gasteiger partial charge is 0.313 e. The highest BCUT2D eigenvalue weighted by Gasteiger charge is 2.21. The van der Waals surface area contributed by atoms with E-state index in [0.717, 1.165) is 37.6 Å². The lowest BCUT2D eigenvalue weighted by Crippen LogP contribution is -2.50. The van der Waals surface area contributed by atoms with Crippen LogP contribution in [0.1, 0.15) is 11.4 Å². The Balaban J connectivity index is 2.05. The van der Waals surface area contributed by atoms with Crippen molar-refractivity contribution in [2.45, 2.75) is 19.5 Å². The van der Waals surface area contributed by atoms with Crippen molar-refractivity contribution >= 4 is 0 Å². The van der Waals surface area contributed by atoms with Crippen molar-refractivity contribution < 1.29 is 0 Å². The lowest BCUT2D eigenvalue weighted by Gasteiger charge is -2.31. The second-order valence-electron chi connectivity index (χ2n) is 4.09. The fourth-order valence-electron chi connectivity index (χ4n) is 1.96. The molecule has 1 aliphatic rings. The Kier molecular flexibility index (Phi) is 3.50. The number of nitrogens with one attached hydrogen (secondary N) is 1. The Morgan fingerprint density at radius 3 is 3.25 bits per heavy atom. The summed E-state index contributed by atoms with van der Waals surface area (Å²) < 4.78 is 0. The number of hydrogen-bond donors (Lipinski definition) is 1. The standard InChI is InChI=1S/C12H16N4/c1-10-3-2-4-11(15-10)9-16-6-5-14-8-12(16)7-13/h2-4,12,14H,5-6,8-9H2,1H3. The van der Waals surface area contributed by atoms with Crippen molar-refractivity contribution in [3.8, 4) is 6.07 Å². The lowest BCUT2D eigenvalue weighted by molar-refractivity contribution is 0.187. The van der Waals surface area contributed by atoms with Crippen molar-refractivity contribution in [3.05, 3.63) is 29.6 Å². The van der Waals surface area contributed by atoms with Gasteiger partial charge in [-0.05, 0) is 19.1 Å². The third kappa shape index (κ3) is 2.57. The Hall–Kier alpha value is -1.44. The van der Waals surface area contributed by atoms with Crippen LogP contribution in [0.15, 0.2) is 18.2 Å². The average molecular weight is 216 g/mol. The number of nitrogens with zero attached hydrogens (tertiary/aromatic N) is 3. The molecule has 0 saturated carbocycles. The molecule has 2 heterocycles. The molecule has 0 aromatic carbocycles. The molecule has 84 valence electrons. The average Bonchev–Trinajstić information content (AvgIpc) is 2.30. The smallest absolute Gasteiger partial charge is 0.111 e. The maximum atomic E-state index is 9.04. The van der Waals surface area contributed by atoms with Crippen molar-refractivity contribution in [1.29, 1.82) is 5.26 Å². The summed E-state index contributed by atoms with van der Waals surface area (Å²) in [5.74, 6) is 0. The van der Waals surface area contributed by atoms with Crippen LogP contribution in [0.4, 0.5) is 0 Å². The van der Waals surface area contributed by atoms with Crippen LogP contribution >= 0.6 is 0 Å². The monoisotopic (exact) mass is 216 g/mol. The van der Waals surface area contributed by atoms with Crippen molar-refractivity contribution in [1.82, 2.24) is 15.2 Å². The number of piperazine rings is 1. The molecule has 1 fully saturated rings. The first-order valence-corrected chi connectivity index (χ1v) is 5.56. The summed E-state index contributed by atoms with van der Waals surface area (Å²) in [7, 11) is 0. The van der Waals surface area contributed by atoms with E-state index in [2.05, 4.69) is 21.3 Å². The summed E-state index contributed by atoms with van der Waals surface area (Å²) in [6.07, 6.45) is 0. The van der Waals surface area contributed by atoms with Crippen LogP contribution in [0.3, 0.4) is 0 Å². The highest BCUT2D eigenvalue weighted by molar-refractivity contribution is 5.11. The Morgan fingerprint density at radius 2 is 2.50 bits per heavy atom. The van der Waals surface area contributed by atoms with Crippen LogP contribution in [-0.2, 0) is 6.54 Å². The predicted molar refractivity (Wildman–Crippen MR) is 61.7 cm³/mol. The maximum Gasteiger partial charge on any atom is 0.111 e. The van der Waals surface area contributed by atoms with Crippen molar-refractivity contribution in [2.24, 2.45) is 0 Å². The van der Waals surface area contributed by atoms with Gasteiger partial charge in [0.15, 0.2) is 0 Å². The molecule has 2 rings (SSSR count). The van der Waals surface area contributed by atoms with Crippen LogP contribution in [0, 0.1) is 18.3 Å². The fourth-order valence-corrected chi connectivity index (χ4v) is 1.96. The number of aromatic nitrogens is 1. The summed E-state index contributed by atoms with van der Waals surface area (Å²) >= 11 is 0. The molecule has 1 aliphatic heterocycles. The summed E-state index contributed by atoms with van der Waals surface area (Å²) in [6.45, 7) is 5.37. The molecule has 1 N–H and O–H groups in total. The number of pyridine rings is 1. The summed E-state index contributed by atoms with van der Waals surface area (Å²) in [5.41, 5.74) is 2.07. The SMILES string of the molecule is Cc1cccc(CN2CCNCC2C#N)n1. The van der Waals surface area contributed by atoms with Gasteiger partial charge in [0.2, 0.25) is 0 Å². The summed E-state index contributed by atoms with van der Waals surface area (Å²) in [5, 5.41) is 12.3. The van der Waals surface area contributed by atoms with Crippen LogP contribution in [0.5, 0.6) is 0 Å². The number of aryl methyl sites for hydroxylation is 1. The minimum absolute atomic E-state index is 0.0314. The van der Waals surface area contributed by atoms with E-state index in [1.165, 1.54) is 0 Å². The topological polar surface area (TPSA) is 52.0 Å². The second kappa shape index (κ2) is 5.06. The van der Waals surface area contributed by atoms with Crippen molar-refractivity contribution in [2.75, 3.05) is 19.6 Å². The second-order valence-corrected chi connectivity index (χ2v) is 4.09. The molecule has 16 heavy (non-hydrogen) atoms. The number of nitriles is 1. The molecular weight excluding hydrogens is 200 g/mol. The van der Waals surface area contributed by atoms with Gasteiger partial charge in [-0.2, -0.15) is 5.26 Å². The van der Waals surface area contributed by atoms with Crippen LogP contribution in [0.25, 0.3) is 0 Å². The lowest BCUT2D eigenvalue weighted by atomic mass is 10.2.